The fraction of sp³-hybridized carbons (Fsp3) is 0.300. The van der Waals surface area contributed by atoms with Crippen LogP contribution in [-0.4, -0.2) is 37.0 Å². The lowest BCUT2D eigenvalue weighted by atomic mass is 10.2. The Hall–Kier alpha value is 1.31. The van der Waals surface area contributed by atoms with Crippen molar-refractivity contribution in [3.05, 3.63) is 25.9 Å². The first kappa shape index (κ1) is 22.4. The molecule has 1 atom stereocenters. The summed E-state index contributed by atoms with van der Waals surface area (Å²) in [5.74, 6) is -3.06. The number of carbonyl (C=O) groups excluding carboxylic acids is 1. The van der Waals surface area contributed by atoms with Gasteiger partial charge < -0.3 is 4.74 Å². The van der Waals surface area contributed by atoms with Crippen molar-refractivity contribution in [2.75, 3.05) is 5.75 Å². The third kappa shape index (κ3) is 6.51. The summed E-state index contributed by atoms with van der Waals surface area (Å²) in [6.45, 7) is 0. The van der Waals surface area contributed by atoms with Crippen molar-refractivity contribution in [2.45, 2.75) is 12.3 Å². The highest BCUT2D eigenvalue weighted by atomic mass is 127. The van der Waals surface area contributed by atoms with Gasteiger partial charge in [0.05, 0.1) is 5.56 Å². The summed E-state index contributed by atoms with van der Waals surface area (Å²) in [6, 6.07) is 1.74. The van der Waals surface area contributed by atoms with Crippen LogP contribution < -0.4 is 0 Å². The minimum atomic E-state index is -5.13. The summed E-state index contributed by atoms with van der Waals surface area (Å²) < 4.78 is 74.9. The largest absolute Gasteiger partial charge is 0.448 e. The molecular formula is C10H5F3I4O5S. The number of benzene rings is 1. The summed E-state index contributed by atoms with van der Waals surface area (Å²) >= 11 is 7.42. The third-order valence-electron chi connectivity index (χ3n) is 2.29. The average molecular weight is 802 g/mol. The lowest BCUT2D eigenvalue weighted by molar-refractivity contribution is -0.197. The topological polar surface area (TPSA) is 80.7 Å². The highest BCUT2D eigenvalue weighted by Crippen LogP contribution is 2.31. The summed E-state index contributed by atoms with van der Waals surface area (Å²) in [5, 5.41) is 0. The first-order valence-electron chi connectivity index (χ1n) is 5.30. The molecule has 130 valence electrons. The summed E-state index contributed by atoms with van der Waals surface area (Å²) in [4.78, 5) is 12.1. The van der Waals surface area contributed by atoms with Crippen LogP contribution in [0.4, 0.5) is 13.2 Å². The van der Waals surface area contributed by atoms with Crippen LogP contribution in [-0.2, 0) is 14.9 Å². The molecule has 0 saturated heterocycles. The Balaban J connectivity index is 3.24. The molecule has 1 unspecified atom stereocenters. The Morgan fingerprint density at radius 2 is 1.61 bits per heavy atom. The van der Waals surface area contributed by atoms with Gasteiger partial charge in [0.1, 0.15) is 5.75 Å². The second kappa shape index (κ2) is 8.33. The quantitative estimate of drug-likeness (QED) is 0.215. The lowest BCUT2D eigenvalue weighted by Crippen LogP contribution is -2.39. The molecule has 0 spiro atoms. The van der Waals surface area contributed by atoms with Gasteiger partial charge in [-0.3, -0.25) is 4.55 Å². The van der Waals surface area contributed by atoms with E-state index in [4.69, 9.17) is 4.55 Å². The Bertz CT molecular complexity index is 709. The zero-order valence-corrected chi connectivity index (χ0v) is 19.9. The van der Waals surface area contributed by atoms with Crippen LogP contribution in [0.25, 0.3) is 0 Å². The number of hydrogen-bond donors (Lipinski definition) is 1. The Kier molecular flexibility index (Phi) is 8.10. The Morgan fingerprint density at radius 3 is 1.96 bits per heavy atom. The van der Waals surface area contributed by atoms with Gasteiger partial charge in [0, 0.05) is 14.3 Å². The molecule has 1 aromatic rings. The van der Waals surface area contributed by atoms with Crippen LogP contribution in [0, 0.1) is 14.3 Å². The molecule has 0 aliphatic carbocycles. The summed E-state index contributed by atoms with van der Waals surface area (Å²) in [5.41, 5.74) is -0.0768. The Morgan fingerprint density at radius 1 is 1.17 bits per heavy atom. The van der Waals surface area contributed by atoms with Crippen molar-refractivity contribution in [2.24, 2.45) is 0 Å². The van der Waals surface area contributed by atoms with Gasteiger partial charge in [0.25, 0.3) is 10.1 Å². The molecule has 0 aliphatic rings. The van der Waals surface area contributed by atoms with E-state index < -0.39 is 34.1 Å². The molecule has 5 nitrogen and oxygen atoms in total. The lowest BCUT2D eigenvalue weighted by Gasteiger charge is -2.20. The zero-order valence-electron chi connectivity index (χ0n) is 10.5. The summed E-state index contributed by atoms with van der Waals surface area (Å²) in [6.07, 6.45) is -8.08. The number of alkyl halides is 3. The van der Waals surface area contributed by atoms with E-state index >= 15 is 0 Å². The van der Waals surface area contributed by atoms with Crippen LogP contribution in [0.1, 0.15) is 10.4 Å². The van der Waals surface area contributed by atoms with E-state index in [-0.39, 0.29) is 5.56 Å². The van der Waals surface area contributed by atoms with E-state index in [1.54, 1.807) is 51.2 Å². The molecule has 1 rings (SSSR count). The van der Waals surface area contributed by atoms with Gasteiger partial charge in [-0.15, -0.1) is 0 Å². The predicted molar refractivity (Wildman–Crippen MR) is 109 cm³/mol. The molecule has 0 radical (unpaired) electrons. The standard InChI is InChI=1S/C10H5F3I4O5S/c11-10(12,13)5(2-23(19,20)21)22-9(18)6-7(16)3(14)1-4(15)8(6)17/h1,5H,2H2,(H,19,20,21). The summed E-state index contributed by atoms with van der Waals surface area (Å²) in [7, 11) is -4.97. The number of halogens is 7. The average Bonchev–Trinajstić information content (AvgIpc) is 2.33. The third-order valence-corrected chi connectivity index (χ3v) is 9.02. The number of hydrogen-bond acceptors (Lipinski definition) is 4. The molecule has 1 aromatic carbocycles. The second-order valence-electron chi connectivity index (χ2n) is 4.03. The van der Waals surface area contributed by atoms with E-state index in [2.05, 4.69) is 4.74 Å². The van der Waals surface area contributed by atoms with Crippen molar-refractivity contribution in [1.82, 2.24) is 0 Å². The fourth-order valence-corrected chi connectivity index (χ4v) is 5.53. The van der Waals surface area contributed by atoms with E-state index in [0.29, 0.717) is 14.3 Å². The fourth-order valence-electron chi connectivity index (χ4n) is 1.33. The first-order chi connectivity index (χ1) is 10.2. The van der Waals surface area contributed by atoms with Crippen molar-refractivity contribution in [3.63, 3.8) is 0 Å². The maximum absolute atomic E-state index is 12.8. The van der Waals surface area contributed by atoms with Gasteiger partial charge in [-0.2, -0.15) is 21.6 Å². The van der Waals surface area contributed by atoms with Gasteiger partial charge in [-0.05, 0) is 96.4 Å². The van der Waals surface area contributed by atoms with Crippen LogP contribution in [0.5, 0.6) is 0 Å². The van der Waals surface area contributed by atoms with Crippen molar-refractivity contribution >= 4 is 106 Å². The van der Waals surface area contributed by atoms with Crippen LogP contribution in [0.3, 0.4) is 0 Å². The van der Waals surface area contributed by atoms with Crippen LogP contribution >= 0.6 is 90.4 Å². The SMILES string of the molecule is O=C(OC(CS(=O)(=O)O)C(F)(F)F)c1c(I)c(I)cc(I)c1I. The molecule has 0 heterocycles. The number of esters is 1. The van der Waals surface area contributed by atoms with Gasteiger partial charge in [0.15, 0.2) is 0 Å². The highest BCUT2D eigenvalue weighted by Gasteiger charge is 2.46. The second-order valence-corrected chi connectivity index (χ2v) is 10.0. The van der Waals surface area contributed by atoms with Crippen molar-refractivity contribution in [3.8, 4) is 0 Å². The van der Waals surface area contributed by atoms with Crippen molar-refractivity contribution < 1.29 is 35.7 Å². The number of ether oxygens (including phenoxy) is 1. The highest BCUT2D eigenvalue weighted by molar-refractivity contribution is 14.1. The molecule has 0 fully saturated rings. The molecule has 0 amide bonds. The van der Waals surface area contributed by atoms with E-state index in [9.17, 15) is 26.4 Å². The van der Waals surface area contributed by atoms with E-state index in [1.807, 2.05) is 45.2 Å². The van der Waals surface area contributed by atoms with Crippen molar-refractivity contribution in [1.29, 1.82) is 0 Å². The molecule has 1 N–H and O–H groups in total. The monoisotopic (exact) mass is 802 g/mol. The molecule has 0 saturated carbocycles. The minimum absolute atomic E-state index is 0.0768. The zero-order chi connectivity index (χ0) is 18.2. The molecule has 13 heteroatoms. The maximum Gasteiger partial charge on any atom is 0.426 e. The molecule has 0 aliphatic heterocycles. The number of carbonyl (C=O) groups is 1. The van der Waals surface area contributed by atoms with Crippen LogP contribution in [0.2, 0.25) is 0 Å². The molecule has 0 aromatic heterocycles. The van der Waals surface area contributed by atoms with Gasteiger partial charge in [-0.1, -0.05) is 0 Å². The normalized spacial score (nSPS) is 13.7. The molecular weight excluding hydrogens is 797 g/mol. The van der Waals surface area contributed by atoms with E-state index in [0.717, 1.165) is 0 Å². The number of rotatable bonds is 4. The predicted octanol–water partition coefficient (Wildman–Crippen LogP) is 4.08. The van der Waals surface area contributed by atoms with Gasteiger partial charge in [0.2, 0.25) is 6.10 Å². The Labute approximate surface area is 183 Å². The minimum Gasteiger partial charge on any atom is -0.448 e. The van der Waals surface area contributed by atoms with E-state index in [1.165, 1.54) is 0 Å². The molecule has 0 bridgehead atoms. The first-order valence-corrected chi connectivity index (χ1v) is 11.2. The van der Waals surface area contributed by atoms with Crippen LogP contribution in [0.15, 0.2) is 6.07 Å². The van der Waals surface area contributed by atoms with Gasteiger partial charge in [-0.25, -0.2) is 4.79 Å². The smallest absolute Gasteiger partial charge is 0.426 e. The van der Waals surface area contributed by atoms with Gasteiger partial charge >= 0.3 is 12.1 Å². The molecule has 23 heavy (non-hydrogen) atoms. The maximum atomic E-state index is 12.8.